The van der Waals surface area contributed by atoms with Gasteiger partial charge < -0.3 is 15.2 Å². The van der Waals surface area contributed by atoms with E-state index >= 15 is 0 Å². The van der Waals surface area contributed by atoms with Gasteiger partial charge in [-0.2, -0.15) is 0 Å². The van der Waals surface area contributed by atoms with Crippen molar-refractivity contribution in [1.82, 2.24) is 5.32 Å². The lowest BCUT2D eigenvalue weighted by Crippen LogP contribution is -2.55. The van der Waals surface area contributed by atoms with Crippen molar-refractivity contribution in [2.75, 3.05) is 13.2 Å². The molecular weight excluding hydrogens is 190 g/mol. The average Bonchev–Trinajstić information content (AvgIpc) is 3.01. The molecule has 2 fully saturated rings. The fourth-order valence-electron chi connectivity index (χ4n) is 2.08. The van der Waals surface area contributed by atoms with Crippen molar-refractivity contribution in [3.8, 4) is 0 Å². The van der Waals surface area contributed by atoms with Crippen molar-refractivity contribution >= 4 is 0 Å². The number of aliphatic hydroxyl groups is 1. The Kier molecular flexibility index (Phi) is 3.33. The zero-order chi connectivity index (χ0) is 10.9. The summed E-state index contributed by atoms with van der Waals surface area (Å²) in [7, 11) is 0. The third-order valence-corrected chi connectivity index (χ3v) is 3.38. The predicted octanol–water partition coefficient (Wildman–Crippen LogP) is 1.30. The zero-order valence-electron chi connectivity index (χ0n) is 9.83. The molecule has 3 heteroatoms. The average molecular weight is 213 g/mol. The summed E-state index contributed by atoms with van der Waals surface area (Å²) in [6, 6.07) is 0.633. The van der Waals surface area contributed by atoms with Gasteiger partial charge in [0.2, 0.25) is 0 Å². The van der Waals surface area contributed by atoms with Crippen LogP contribution >= 0.6 is 0 Å². The topological polar surface area (TPSA) is 41.5 Å². The van der Waals surface area contributed by atoms with Gasteiger partial charge in [-0.1, -0.05) is 0 Å². The summed E-state index contributed by atoms with van der Waals surface area (Å²) in [4.78, 5) is 0. The van der Waals surface area contributed by atoms with Crippen molar-refractivity contribution < 1.29 is 9.84 Å². The third kappa shape index (κ3) is 2.92. The minimum atomic E-state index is -0.147. The van der Waals surface area contributed by atoms with Gasteiger partial charge >= 0.3 is 0 Å². The van der Waals surface area contributed by atoms with Gasteiger partial charge in [0.25, 0.3) is 0 Å². The van der Waals surface area contributed by atoms with Crippen LogP contribution in [0.1, 0.15) is 39.5 Å². The van der Waals surface area contributed by atoms with E-state index in [4.69, 9.17) is 4.74 Å². The van der Waals surface area contributed by atoms with Gasteiger partial charge in [-0.25, -0.2) is 0 Å². The molecule has 15 heavy (non-hydrogen) atoms. The van der Waals surface area contributed by atoms with E-state index in [1.54, 1.807) is 0 Å². The van der Waals surface area contributed by atoms with Crippen molar-refractivity contribution in [3.63, 3.8) is 0 Å². The van der Waals surface area contributed by atoms with Gasteiger partial charge in [-0.05, 0) is 45.4 Å². The molecule has 0 aliphatic heterocycles. The highest BCUT2D eigenvalue weighted by Gasteiger charge is 2.47. The normalized spacial score (nSPS) is 25.6. The fraction of sp³-hybridized carbons (Fsp3) is 1.00. The lowest BCUT2D eigenvalue weighted by atomic mass is 9.95. The second kappa shape index (κ2) is 4.40. The molecule has 2 aliphatic rings. The Balaban J connectivity index is 1.91. The summed E-state index contributed by atoms with van der Waals surface area (Å²) >= 11 is 0. The maximum absolute atomic E-state index is 9.63. The van der Waals surface area contributed by atoms with Crippen LogP contribution in [0.4, 0.5) is 0 Å². The van der Waals surface area contributed by atoms with E-state index in [1.807, 2.05) is 13.8 Å². The van der Waals surface area contributed by atoms with Crippen molar-refractivity contribution in [2.45, 2.75) is 57.2 Å². The smallest absolute Gasteiger partial charge is 0.0681 e. The number of nitrogens with one attached hydrogen (secondary N) is 1. The van der Waals surface area contributed by atoms with Gasteiger partial charge in [0.1, 0.15) is 0 Å². The summed E-state index contributed by atoms with van der Waals surface area (Å²) in [5.74, 6) is 0.627. The Morgan fingerprint density at radius 3 is 2.40 bits per heavy atom. The minimum Gasteiger partial charge on any atom is -0.394 e. The highest BCUT2D eigenvalue weighted by molar-refractivity contribution is 5.04. The van der Waals surface area contributed by atoms with Gasteiger partial charge in [-0.3, -0.25) is 0 Å². The molecule has 0 saturated heterocycles. The Labute approximate surface area is 92.2 Å². The molecule has 0 bridgehead atoms. The molecule has 3 nitrogen and oxygen atoms in total. The Morgan fingerprint density at radius 2 is 2.00 bits per heavy atom. The molecule has 88 valence electrons. The summed E-state index contributed by atoms with van der Waals surface area (Å²) in [6.45, 7) is 4.96. The van der Waals surface area contributed by atoms with Crippen LogP contribution in [0.5, 0.6) is 0 Å². The lowest BCUT2D eigenvalue weighted by Gasteiger charge is -2.34. The zero-order valence-corrected chi connectivity index (χ0v) is 9.83. The van der Waals surface area contributed by atoms with Crippen molar-refractivity contribution in [3.05, 3.63) is 0 Å². The number of hydrogen-bond acceptors (Lipinski definition) is 3. The SMILES string of the molecule is CC(C)OCC(CO)(NC1CC1)C1CC1. The maximum atomic E-state index is 9.63. The van der Waals surface area contributed by atoms with E-state index in [1.165, 1.54) is 25.7 Å². The van der Waals surface area contributed by atoms with Gasteiger partial charge in [0.05, 0.1) is 24.9 Å². The first-order chi connectivity index (χ1) is 7.16. The van der Waals surface area contributed by atoms with Crippen LogP contribution in [0.3, 0.4) is 0 Å². The summed E-state index contributed by atoms with van der Waals surface area (Å²) in [5.41, 5.74) is -0.147. The molecule has 2 saturated carbocycles. The van der Waals surface area contributed by atoms with Crippen LogP contribution in [0.25, 0.3) is 0 Å². The first-order valence-corrected chi connectivity index (χ1v) is 6.16. The Hall–Kier alpha value is -0.120. The molecule has 2 N–H and O–H groups in total. The lowest BCUT2D eigenvalue weighted by molar-refractivity contribution is -0.00533. The number of hydrogen-bond donors (Lipinski definition) is 2. The van der Waals surface area contributed by atoms with Crippen LogP contribution in [-0.2, 0) is 4.74 Å². The van der Waals surface area contributed by atoms with Crippen molar-refractivity contribution in [1.29, 1.82) is 0 Å². The molecule has 0 heterocycles. The summed E-state index contributed by atoms with van der Waals surface area (Å²) < 4.78 is 5.71. The van der Waals surface area contributed by atoms with Gasteiger partial charge in [0, 0.05) is 6.04 Å². The van der Waals surface area contributed by atoms with Gasteiger partial charge in [0.15, 0.2) is 0 Å². The molecule has 2 aliphatic carbocycles. The van der Waals surface area contributed by atoms with E-state index in [-0.39, 0.29) is 18.2 Å². The number of rotatable bonds is 7. The van der Waals surface area contributed by atoms with Crippen LogP contribution in [0.2, 0.25) is 0 Å². The highest BCUT2D eigenvalue weighted by Crippen LogP contribution is 2.41. The molecule has 1 atom stereocenters. The predicted molar refractivity (Wildman–Crippen MR) is 59.8 cm³/mol. The molecule has 0 spiro atoms. The monoisotopic (exact) mass is 213 g/mol. The van der Waals surface area contributed by atoms with E-state index in [2.05, 4.69) is 5.32 Å². The standard InChI is InChI=1S/C12H23NO2/c1-9(2)15-8-12(7-14,10-3-4-10)13-11-5-6-11/h9-11,13-14H,3-8H2,1-2H3. The quantitative estimate of drug-likeness (QED) is 0.670. The highest BCUT2D eigenvalue weighted by atomic mass is 16.5. The van der Waals surface area contributed by atoms with E-state index < -0.39 is 0 Å². The molecule has 0 radical (unpaired) electrons. The van der Waals surface area contributed by atoms with E-state index in [0.717, 1.165) is 0 Å². The summed E-state index contributed by atoms with van der Waals surface area (Å²) in [5, 5.41) is 13.2. The van der Waals surface area contributed by atoms with E-state index in [9.17, 15) is 5.11 Å². The number of ether oxygens (including phenoxy) is 1. The first-order valence-electron chi connectivity index (χ1n) is 6.16. The molecule has 0 aromatic heterocycles. The number of aliphatic hydroxyl groups excluding tert-OH is 1. The largest absolute Gasteiger partial charge is 0.394 e. The van der Waals surface area contributed by atoms with Crippen LogP contribution in [0, 0.1) is 5.92 Å². The Morgan fingerprint density at radius 1 is 1.33 bits per heavy atom. The Bertz CT molecular complexity index is 212. The van der Waals surface area contributed by atoms with Crippen LogP contribution in [0.15, 0.2) is 0 Å². The molecule has 2 rings (SSSR count). The second-order valence-corrected chi connectivity index (χ2v) is 5.37. The summed E-state index contributed by atoms with van der Waals surface area (Å²) in [6.07, 6.45) is 5.24. The fourth-order valence-corrected chi connectivity index (χ4v) is 2.08. The molecule has 1 unspecified atom stereocenters. The van der Waals surface area contributed by atoms with E-state index in [0.29, 0.717) is 18.6 Å². The second-order valence-electron chi connectivity index (χ2n) is 5.37. The van der Waals surface area contributed by atoms with Crippen LogP contribution in [-0.4, -0.2) is 36.0 Å². The molecular formula is C12H23NO2. The minimum absolute atomic E-state index is 0.147. The maximum Gasteiger partial charge on any atom is 0.0681 e. The molecule has 0 aromatic carbocycles. The molecule has 0 aromatic rings. The van der Waals surface area contributed by atoms with Crippen molar-refractivity contribution in [2.24, 2.45) is 5.92 Å². The first kappa shape index (κ1) is 11.4. The third-order valence-electron chi connectivity index (χ3n) is 3.38. The van der Waals surface area contributed by atoms with Gasteiger partial charge in [-0.15, -0.1) is 0 Å². The van der Waals surface area contributed by atoms with Crippen LogP contribution < -0.4 is 5.32 Å². The molecule has 0 amide bonds.